The molecule has 0 radical (unpaired) electrons. The Morgan fingerprint density at radius 2 is 2.11 bits per heavy atom. The van der Waals surface area contributed by atoms with Gasteiger partial charge in [0, 0.05) is 15.3 Å². The van der Waals surface area contributed by atoms with E-state index in [4.69, 9.17) is 5.26 Å². The Kier molecular flexibility index (Phi) is 3.93. The van der Waals surface area contributed by atoms with Gasteiger partial charge in [0.05, 0.1) is 23.0 Å². The zero-order valence-electron chi connectivity index (χ0n) is 11.0. The van der Waals surface area contributed by atoms with Crippen LogP contribution in [0.5, 0.6) is 0 Å². The standard InChI is InChI=1S/C14H14BrN3S/c1-14(2,3)12-8-19-13(18-12)17-11-5-4-9(7-16)6-10(11)15/h4-6,8H,1-3H3,(H,17,18). The minimum atomic E-state index is 0.0539. The van der Waals surface area contributed by atoms with Crippen molar-refractivity contribution >= 4 is 38.1 Å². The third kappa shape index (κ3) is 3.34. The van der Waals surface area contributed by atoms with Crippen LogP contribution in [-0.2, 0) is 5.41 Å². The van der Waals surface area contributed by atoms with Crippen LogP contribution < -0.4 is 5.32 Å². The van der Waals surface area contributed by atoms with Crippen LogP contribution in [0.25, 0.3) is 0 Å². The van der Waals surface area contributed by atoms with Gasteiger partial charge < -0.3 is 5.32 Å². The van der Waals surface area contributed by atoms with Crippen LogP contribution >= 0.6 is 27.3 Å². The smallest absolute Gasteiger partial charge is 0.187 e. The van der Waals surface area contributed by atoms with Crippen molar-refractivity contribution in [1.82, 2.24) is 4.98 Å². The van der Waals surface area contributed by atoms with Crippen molar-refractivity contribution in [3.8, 4) is 6.07 Å². The minimum Gasteiger partial charge on any atom is -0.331 e. The van der Waals surface area contributed by atoms with Crippen LogP contribution in [0, 0.1) is 11.3 Å². The number of nitrogens with one attached hydrogen (secondary N) is 1. The highest BCUT2D eigenvalue weighted by molar-refractivity contribution is 9.10. The Hall–Kier alpha value is -1.38. The second-order valence-corrected chi connectivity index (χ2v) is 6.93. The van der Waals surface area contributed by atoms with E-state index in [0.717, 1.165) is 21.0 Å². The summed E-state index contributed by atoms with van der Waals surface area (Å²) >= 11 is 5.04. The summed E-state index contributed by atoms with van der Waals surface area (Å²) in [5, 5.41) is 15.0. The average molecular weight is 336 g/mol. The number of anilines is 2. The molecule has 5 heteroatoms. The third-order valence-corrected chi connectivity index (χ3v) is 4.03. The average Bonchev–Trinajstić information content (AvgIpc) is 2.80. The van der Waals surface area contributed by atoms with Crippen LogP contribution in [0.2, 0.25) is 0 Å². The van der Waals surface area contributed by atoms with Gasteiger partial charge in [-0.2, -0.15) is 5.26 Å². The quantitative estimate of drug-likeness (QED) is 0.855. The van der Waals surface area contributed by atoms with Crippen LogP contribution in [0.4, 0.5) is 10.8 Å². The van der Waals surface area contributed by atoms with Gasteiger partial charge in [-0.3, -0.25) is 0 Å². The first-order valence-electron chi connectivity index (χ1n) is 5.83. The molecule has 0 saturated heterocycles. The Morgan fingerprint density at radius 1 is 1.37 bits per heavy atom. The number of aromatic nitrogens is 1. The van der Waals surface area contributed by atoms with Gasteiger partial charge in [0.25, 0.3) is 0 Å². The van der Waals surface area contributed by atoms with Crippen LogP contribution in [-0.4, -0.2) is 4.98 Å². The van der Waals surface area contributed by atoms with Gasteiger partial charge in [0.15, 0.2) is 5.13 Å². The van der Waals surface area contributed by atoms with Crippen molar-refractivity contribution in [2.75, 3.05) is 5.32 Å². The molecule has 98 valence electrons. The zero-order valence-corrected chi connectivity index (χ0v) is 13.4. The number of nitriles is 1. The lowest BCUT2D eigenvalue weighted by Gasteiger charge is -2.14. The molecule has 19 heavy (non-hydrogen) atoms. The van der Waals surface area contributed by atoms with Gasteiger partial charge in [0.2, 0.25) is 0 Å². The molecule has 2 rings (SSSR count). The largest absolute Gasteiger partial charge is 0.331 e. The topological polar surface area (TPSA) is 48.7 Å². The SMILES string of the molecule is CC(C)(C)c1csc(Nc2ccc(C#N)cc2Br)n1. The number of halogens is 1. The van der Waals surface area contributed by atoms with E-state index in [1.54, 1.807) is 23.5 Å². The minimum absolute atomic E-state index is 0.0539. The highest BCUT2D eigenvalue weighted by Crippen LogP contribution is 2.31. The predicted octanol–water partition coefficient (Wildman–Crippen LogP) is 4.82. The van der Waals surface area contributed by atoms with Crippen LogP contribution in [0.1, 0.15) is 32.0 Å². The first-order chi connectivity index (χ1) is 8.90. The molecule has 0 bridgehead atoms. The summed E-state index contributed by atoms with van der Waals surface area (Å²) in [7, 11) is 0. The molecule has 1 heterocycles. The van der Waals surface area contributed by atoms with E-state index >= 15 is 0 Å². The number of rotatable bonds is 2. The Labute approximate surface area is 125 Å². The summed E-state index contributed by atoms with van der Waals surface area (Å²) in [6.45, 7) is 6.43. The summed E-state index contributed by atoms with van der Waals surface area (Å²) in [4.78, 5) is 4.58. The van der Waals surface area contributed by atoms with Gasteiger partial charge in [-0.25, -0.2) is 4.98 Å². The first-order valence-corrected chi connectivity index (χ1v) is 7.50. The van der Waals surface area contributed by atoms with Crippen molar-refractivity contribution < 1.29 is 0 Å². The maximum Gasteiger partial charge on any atom is 0.187 e. The molecule has 1 aromatic heterocycles. The van der Waals surface area contributed by atoms with Crippen LogP contribution in [0.15, 0.2) is 28.1 Å². The Balaban J connectivity index is 2.22. The first kappa shape index (κ1) is 14.0. The van der Waals surface area contributed by atoms with E-state index in [9.17, 15) is 0 Å². The fourth-order valence-corrected chi connectivity index (χ4v) is 2.90. The van der Waals surface area contributed by atoms with E-state index in [1.165, 1.54) is 0 Å². The number of benzene rings is 1. The van der Waals surface area contributed by atoms with E-state index in [0.29, 0.717) is 5.56 Å². The summed E-state index contributed by atoms with van der Waals surface area (Å²) in [5.74, 6) is 0. The number of nitrogens with zero attached hydrogens (tertiary/aromatic N) is 2. The molecular formula is C14H14BrN3S. The molecule has 0 atom stereocenters. The molecule has 0 aliphatic rings. The van der Waals surface area contributed by atoms with Gasteiger partial charge in [0.1, 0.15) is 0 Å². The predicted molar refractivity (Wildman–Crippen MR) is 83.0 cm³/mol. The Bertz CT molecular complexity index is 635. The normalized spacial score (nSPS) is 11.1. The van der Waals surface area contributed by atoms with Gasteiger partial charge >= 0.3 is 0 Å². The van der Waals surface area contributed by atoms with E-state index in [1.807, 2.05) is 6.07 Å². The molecule has 0 saturated carbocycles. The van der Waals surface area contributed by atoms with Gasteiger partial charge in [-0.15, -0.1) is 11.3 Å². The number of hydrogen-bond acceptors (Lipinski definition) is 4. The third-order valence-electron chi connectivity index (χ3n) is 2.61. The lowest BCUT2D eigenvalue weighted by molar-refractivity contribution is 0.573. The monoisotopic (exact) mass is 335 g/mol. The fraction of sp³-hybridized carbons (Fsp3) is 0.286. The van der Waals surface area contributed by atoms with Crippen molar-refractivity contribution in [2.24, 2.45) is 0 Å². The molecule has 0 aliphatic carbocycles. The number of hydrogen-bond donors (Lipinski definition) is 1. The second-order valence-electron chi connectivity index (χ2n) is 5.22. The Morgan fingerprint density at radius 3 is 2.63 bits per heavy atom. The molecule has 0 fully saturated rings. The van der Waals surface area contributed by atoms with Crippen molar-refractivity contribution in [3.05, 3.63) is 39.3 Å². The molecule has 0 unspecified atom stereocenters. The molecule has 0 amide bonds. The maximum absolute atomic E-state index is 8.83. The van der Waals surface area contributed by atoms with Crippen molar-refractivity contribution in [2.45, 2.75) is 26.2 Å². The highest BCUT2D eigenvalue weighted by atomic mass is 79.9. The maximum atomic E-state index is 8.83. The number of thiazole rings is 1. The summed E-state index contributed by atoms with van der Waals surface area (Å²) in [5.41, 5.74) is 2.67. The summed E-state index contributed by atoms with van der Waals surface area (Å²) < 4.78 is 0.860. The molecular weight excluding hydrogens is 322 g/mol. The second kappa shape index (κ2) is 5.32. The van der Waals surface area contributed by atoms with Crippen molar-refractivity contribution in [1.29, 1.82) is 5.26 Å². The lowest BCUT2D eigenvalue weighted by Crippen LogP contribution is -2.11. The van der Waals surface area contributed by atoms with E-state index in [2.05, 4.69) is 58.5 Å². The molecule has 0 aliphatic heterocycles. The summed E-state index contributed by atoms with van der Waals surface area (Å²) in [6, 6.07) is 7.56. The van der Waals surface area contributed by atoms with Gasteiger partial charge in [-0.1, -0.05) is 20.8 Å². The molecule has 1 N–H and O–H groups in total. The molecule has 0 spiro atoms. The van der Waals surface area contributed by atoms with Gasteiger partial charge in [-0.05, 0) is 34.1 Å². The van der Waals surface area contributed by atoms with Crippen LogP contribution in [0.3, 0.4) is 0 Å². The van der Waals surface area contributed by atoms with Crippen molar-refractivity contribution in [3.63, 3.8) is 0 Å². The zero-order chi connectivity index (χ0) is 14.0. The molecule has 2 aromatic rings. The summed E-state index contributed by atoms with van der Waals surface area (Å²) in [6.07, 6.45) is 0. The lowest BCUT2D eigenvalue weighted by atomic mass is 9.93. The molecule has 3 nitrogen and oxygen atoms in total. The highest BCUT2D eigenvalue weighted by Gasteiger charge is 2.17. The fourth-order valence-electron chi connectivity index (χ4n) is 1.48. The van der Waals surface area contributed by atoms with E-state index in [-0.39, 0.29) is 5.41 Å². The molecule has 1 aromatic carbocycles. The van der Waals surface area contributed by atoms with E-state index < -0.39 is 0 Å².